The van der Waals surface area contributed by atoms with Crippen LogP contribution in [0.1, 0.15) is 0 Å². The fourth-order valence-corrected chi connectivity index (χ4v) is 3.93. The van der Waals surface area contributed by atoms with Gasteiger partial charge in [0.05, 0.1) is 17.8 Å². The summed E-state index contributed by atoms with van der Waals surface area (Å²) >= 11 is 5.87. The van der Waals surface area contributed by atoms with Gasteiger partial charge in [0.2, 0.25) is 0 Å². The number of oxime groups is 1. The maximum Gasteiger partial charge on any atom is 0.261 e. The number of rotatable bonds is 3. The van der Waals surface area contributed by atoms with Crippen LogP contribution in [0.15, 0.2) is 16.4 Å². The molecule has 11 heteroatoms. The Morgan fingerprint density at radius 3 is 2.95 bits per heavy atom. The highest BCUT2D eigenvalue weighted by molar-refractivity contribution is 7.89. The van der Waals surface area contributed by atoms with Crippen LogP contribution in [0.3, 0.4) is 0 Å². The number of hydrogen-bond donors (Lipinski definition) is 2. The summed E-state index contributed by atoms with van der Waals surface area (Å²) in [5, 5.41) is 15.2. The molecule has 0 spiro atoms. The fourth-order valence-electron chi connectivity index (χ4n) is 1.90. The molecule has 1 aromatic rings. The van der Waals surface area contributed by atoms with E-state index in [4.69, 9.17) is 27.3 Å². The molecule has 1 aliphatic heterocycles. The summed E-state index contributed by atoms with van der Waals surface area (Å²) in [5.41, 5.74) is 5.44. The summed E-state index contributed by atoms with van der Waals surface area (Å²) in [5.74, 6) is -0.180. The van der Waals surface area contributed by atoms with E-state index in [9.17, 15) is 8.42 Å². The maximum atomic E-state index is 12.5. The summed E-state index contributed by atoms with van der Waals surface area (Å²) in [6.07, 6.45) is 0.464. The lowest BCUT2D eigenvalue weighted by Gasteiger charge is -2.31. The van der Waals surface area contributed by atoms with Crippen molar-refractivity contribution in [2.24, 2.45) is 17.9 Å². The van der Waals surface area contributed by atoms with Gasteiger partial charge >= 0.3 is 0 Å². The van der Waals surface area contributed by atoms with Gasteiger partial charge in [-0.2, -0.15) is 9.40 Å². The van der Waals surface area contributed by atoms with Crippen molar-refractivity contribution >= 4 is 27.5 Å². The van der Waals surface area contributed by atoms with E-state index < -0.39 is 16.1 Å². The molecule has 1 aromatic heterocycles. The lowest BCUT2D eigenvalue weighted by Crippen LogP contribution is -2.50. The minimum absolute atomic E-state index is 0.0411. The Labute approximate surface area is 120 Å². The van der Waals surface area contributed by atoms with Crippen LogP contribution in [0.2, 0.25) is 5.02 Å². The highest BCUT2D eigenvalue weighted by atomic mass is 35.5. The predicted octanol–water partition coefficient (Wildman–Crippen LogP) is -0.791. The standard InChI is InChI=1S/C9H14ClN5O4S/c1-14-9(6(10)4-12-14)20(17,18)15-2-3-19-7(5-15)8(11)13-16/h4,7,16H,2-3,5H2,1H3,(H2,11,13). The lowest BCUT2D eigenvalue weighted by atomic mass is 10.3. The van der Waals surface area contributed by atoms with E-state index in [1.165, 1.54) is 22.2 Å². The van der Waals surface area contributed by atoms with Crippen molar-refractivity contribution in [2.75, 3.05) is 19.7 Å². The molecule has 0 aliphatic carbocycles. The monoisotopic (exact) mass is 323 g/mol. The van der Waals surface area contributed by atoms with Gasteiger partial charge in [-0.25, -0.2) is 8.42 Å². The predicted molar refractivity (Wildman–Crippen MR) is 70.1 cm³/mol. The largest absolute Gasteiger partial charge is 0.409 e. The molecule has 1 aliphatic rings. The van der Waals surface area contributed by atoms with Gasteiger partial charge in [0.15, 0.2) is 10.9 Å². The third kappa shape index (κ3) is 2.59. The maximum absolute atomic E-state index is 12.5. The third-order valence-electron chi connectivity index (χ3n) is 2.90. The molecule has 1 saturated heterocycles. The molecular weight excluding hydrogens is 310 g/mol. The molecule has 0 bridgehead atoms. The van der Waals surface area contributed by atoms with Crippen molar-refractivity contribution in [2.45, 2.75) is 11.1 Å². The molecule has 112 valence electrons. The molecule has 2 rings (SSSR count). The number of amidine groups is 1. The van der Waals surface area contributed by atoms with E-state index in [0.29, 0.717) is 0 Å². The fraction of sp³-hybridized carbons (Fsp3) is 0.556. The molecular formula is C9H14ClN5O4S. The number of sulfonamides is 1. The van der Waals surface area contributed by atoms with E-state index in [0.717, 1.165) is 0 Å². The van der Waals surface area contributed by atoms with Crippen LogP contribution in [-0.4, -0.2) is 59.3 Å². The number of nitrogens with two attached hydrogens (primary N) is 1. The number of aryl methyl sites for hydroxylation is 1. The first kappa shape index (κ1) is 15.0. The van der Waals surface area contributed by atoms with E-state index in [2.05, 4.69) is 10.3 Å². The average molecular weight is 324 g/mol. The van der Waals surface area contributed by atoms with Crippen LogP contribution in [0, 0.1) is 0 Å². The molecule has 0 aromatic carbocycles. The molecule has 1 atom stereocenters. The number of halogens is 1. The van der Waals surface area contributed by atoms with Crippen LogP contribution in [0.25, 0.3) is 0 Å². The number of morpholine rings is 1. The number of hydrogen-bond acceptors (Lipinski definition) is 6. The Bertz CT molecular complexity index is 609. The van der Waals surface area contributed by atoms with Gasteiger partial charge in [-0.1, -0.05) is 16.8 Å². The Morgan fingerprint density at radius 2 is 2.40 bits per heavy atom. The Hall–Kier alpha value is -1.36. The van der Waals surface area contributed by atoms with E-state index in [-0.39, 0.29) is 35.6 Å². The molecule has 1 unspecified atom stereocenters. The zero-order chi connectivity index (χ0) is 14.9. The lowest BCUT2D eigenvalue weighted by molar-refractivity contribution is 0.0353. The molecule has 9 nitrogen and oxygen atoms in total. The van der Waals surface area contributed by atoms with Crippen molar-refractivity contribution in [3.05, 3.63) is 11.2 Å². The highest BCUT2D eigenvalue weighted by Gasteiger charge is 2.35. The minimum Gasteiger partial charge on any atom is -0.409 e. The first-order valence-corrected chi connectivity index (χ1v) is 7.46. The summed E-state index contributed by atoms with van der Waals surface area (Å²) in [6, 6.07) is 0. The normalized spacial score (nSPS) is 22.1. The van der Waals surface area contributed by atoms with Crippen molar-refractivity contribution in [1.82, 2.24) is 14.1 Å². The van der Waals surface area contributed by atoms with Gasteiger partial charge in [-0.15, -0.1) is 0 Å². The van der Waals surface area contributed by atoms with Gasteiger partial charge < -0.3 is 15.7 Å². The Balaban J connectivity index is 2.31. The smallest absolute Gasteiger partial charge is 0.261 e. The molecule has 0 amide bonds. The van der Waals surface area contributed by atoms with Gasteiger partial charge in [0.1, 0.15) is 6.10 Å². The second-order valence-electron chi connectivity index (χ2n) is 4.17. The quantitative estimate of drug-likeness (QED) is 0.325. The highest BCUT2D eigenvalue weighted by Crippen LogP contribution is 2.25. The van der Waals surface area contributed by atoms with Gasteiger partial charge in [-0.3, -0.25) is 4.68 Å². The second kappa shape index (κ2) is 5.56. The van der Waals surface area contributed by atoms with Gasteiger partial charge in [0.25, 0.3) is 10.0 Å². The average Bonchev–Trinajstić information content (AvgIpc) is 2.78. The van der Waals surface area contributed by atoms with Crippen LogP contribution in [0.4, 0.5) is 0 Å². The second-order valence-corrected chi connectivity index (χ2v) is 6.43. The van der Waals surface area contributed by atoms with Crippen molar-refractivity contribution in [3.63, 3.8) is 0 Å². The van der Waals surface area contributed by atoms with Crippen LogP contribution >= 0.6 is 11.6 Å². The molecule has 20 heavy (non-hydrogen) atoms. The third-order valence-corrected chi connectivity index (χ3v) is 5.27. The first-order valence-electron chi connectivity index (χ1n) is 5.64. The summed E-state index contributed by atoms with van der Waals surface area (Å²) in [6.45, 7) is 0.231. The zero-order valence-corrected chi connectivity index (χ0v) is 12.2. The zero-order valence-electron chi connectivity index (χ0n) is 10.6. The summed E-state index contributed by atoms with van der Waals surface area (Å²) in [4.78, 5) is 0. The summed E-state index contributed by atoms with van der Waals surface area (Å²) < 4.78 is 32.7. The Morgan fingerprint density at radius 1 is 1.70 bits per heavy atom. The molecule has 0 saturated carbocycles. The van der Waals surface area contributed by atoms with Crippen LogP contribution in [-0.2, 0) is 21.8 Å². The molecule has 2 heterocycles. The summed E-state index contributed by atoms with van der Waals surface area (Å²) in [7, 11) is -2.34. The topological polar surface area (TPSA) is 123 Å². The number of nitrogens with zero attached hydrogens (tertiary/aromatic N) is 4. The van der Waals surface area contributed by atoms with E-state index in [1.54, 1.807) is 0 Å². The van der Waals surface area contributed by atoms with E-state index >= 15 is 0 Å². The van der Waals surface area contributed by atoms with Gasteiger partial charge in [-0.05, 0) is 0 Å². The molecule has 3 N–H and O–H groups in total. The minimum atomic E-state index is -3.83. The SMILES string of the molecule is Cn1ncc(Cl)c1S(=O)(=O)N1CCOC(C(N)=NO)C1. The van der Waals surface area contributed by atoms with Crippen LogP contribution < -0.4 is 5.73 Å². The number of aromatic nitrogens is 2. The van der Waals surface area contributed by atoms with Crippen molar-refractivity contribution in [1.29, 1.82) is 0 Å². The first-order chi connectivity index (χ1) is 9.37. The number of ether oxygens (including phenoxy) is 1. The van der Waals surface area contributed by atoms with Crippen molar-refractivity contribution < 1.29 is 18.4 Å². The Kier molecular flexibility index (Phi) is 4.18. The molecule has 0 radical (unpaired) electrons. The van der Waals surface area contributed by atoms with Crippen molar-refractivity contribution in [3.8, 4) is 0 Å². The van der Waals surface area contributed by atoms with E-state index in [1.807, 2.05) is 0 Å². The van der Waals surface area contributed by atoms with Crippen LogP contribution in [0.5, 0.6) is 0 Å². The molecule has 1 fully saturated rings. The van der Waals surface area contributed by atoms with Gasteiger partial charge in [0, 0.05) is 20.1 Å².